The Morgan fingerprint density at radius 2 is 2.04 bits per heavy atom. The van der Waals surface area contributed by atoms with E-state index in [2.05, 4.69) is 22.2 Å². The fourth-order valence-electron chi connectivity index (χ4n) is 3.17. The fourth-order valence-corrected chi connectivity index (χ4v) is 3.17. The molecule has 2 aromatic rings. The van der Waals surface area contributed by atoms with Crippen molar-refractivity contribution in [2.24, 2.45) is 0 Å². The average Bonchev–Trinajstić information content (AvgIpc) is 2.75. The van der Waals surface area contributed by atoms with Crippen molar-refractivity contribution in [3.63, 3.8) is 0 Å². The van der Waals surface area contributed by atoms with Crippen LogP contribution in [-0.4, -0.2) is 40.4 Å². The van der Waals surface area contributed by atoms with Gasteiger partial charge in [0.15, 0.2) is 5.82 Å². The summed E-state index contributed by atoms with van der Waals surface area (Å²) < 4.78 is 28.7. The van der Waals surface area contributed by atoms with Crippen molar-refractivity contribution in [3.8, 4) is 5.69 Å². The summed E-state index contributed by atoms with van der Waals surface area (Å²) in [5.41, 5.74) is 3.19. The van der Waals surface area contributed by atoms with Crippen molar-refractivity contribution in [1.29, 1.82) is 0 Å². The van der Waals surface area contributed by atoms with Crippen LogP contribution < -0.4 is 5.32 Å². The smallest absolute Gasteiger partial charge is 0.151 e. The van der Waals surface area contributed by atoms with Crippen molar-refractivity contribution in [2.75, 3.05) is 19.6 Å². The molecule has 3 rings (SSSR count). The number of benzene rings is 1. The van der Waals surface area contributed by atoms with Crippen molar-refractivity contribution >= 4 is 12.4 Å². The Hall–Kier alpha value is -1.50. The van der Waals surface area contributed by atoms with E-state index in [1.807, 2.05) is 13.8 Å². The molecule has 0 amide bonds. The summed E-state index contributed by atoms with van der Waals surface area (Å²) in [4.78, 5) is 2.38. The number of nitrogens with zero attached hydrogens (tertiary/aromatic N) is 3. The van der Waals surface area contributed by atoms with Crippen molar-refractivity contribution in [2.45, 2.75) is 33.4 Å². The van der Waals surface area contributed by atoms with E-state index < -0.39 is 11.6 Å². The predicted molar refractivity (Wildman–Crippen MR) is 92.9 cm³/mol. The second-order valence-corrected chi connectivity index (χ2v) is 6.25. The molecule has 0 bridgehead atoms. The first-order valence-electron chi connectivity index (χ1n) is 7.92. The molecule has 1 aromatic carbocycles. The Morgan fingerprint density at radius 1 is 1.29 bits per heavy atom. The van der Waals surface area contributed by atoms with Gasteiger partial charge in [-0.05, 0) is 32.9 Å². The molecule has 7 heteroatoms. The van der Waals surface area contributed by atoms with Crippen molar-refractivity contribution in [3.05, 3.63) is 46.8 Å². The molecule has 0 aliphatic carbocycles. The molecule has 2 heterocycles. The highest BCUT2D eigenvalue weighted by Gasteiger charge is 2.21. The Kier molecular flexibility index (Phi) is 5.96. The molecule has 1 fully saturated rings. The summed E-state index contributed by atoms with van der Waals surface area (Å²) in [5, 5.41) is 7.89. The van der Waals surface area contributed by atoms with E-state index in [4.69, 9.17) is 0 Å². The third-order valence-electron chi connectivity index (χ3n) is 4.41. The first-order valence-corrected chi connectivity index (χ1v) is 7.92. The van der Waals surface area contributed by atoms with Crippen LogP contribution in [0.2, 0.25) is 0 Å². The number of hydrogen-bond acceptors (Lipinski definition) is 3. The zero-order chi connectivity index (χ0) is 16.6. The van der Waals surface area contributed by atoms with Gasteiger partial charge in [0.25, 0.3) is 0 Å². The number of nitrogens with one attached hydrogen (secondary N) is 1. The minimum absolute atomic E-state index is 0. The molecular weight excluding hydrogens is 334 g/mol. The minimum atomic E-state index is -0.599. The number of aromatic nitrogens is 2. The van der Waals surface area contributed by atoms with Crippen molar-refractivity contribution < 1.29 is 8.78 Å². The van der Waals surface area contributed by atoms with Gasteiger partial charge < -0.3 is 5.32 Å². The molecule has 1 saturated heterocycles. The van der Waals surface area contributed by atoms with Crippen molar-refractivity contribution in [1.82, 2.24) is 20.0 Å². The molecule has 132 valence electrons. The van der Waals surface area contributed by atoms with Crippen LogP contribution in [0.25, 0.3) is 5.69 Å². The molecule has 4 nitrogen and oxygen atoms in total. The van der Waals surface area contributed by atoms with E-state index in [1.165, 1.54) is 12.1 Å². The zero-order valence-corrected chi connectivity index (χ0v) is 15.0. The molecule has 0 unspecified atom stereocenters. The SMILES string of the molecule is Cc1nn(-c2ccc(F)cc2F)c(C)c1CN1CCN[C@@H](C)C1.Cl. The summed E-state index contributed by atoms with van der Waals surface area (Å²) >= 11 is 0. The lowest BCUT2D eigenvalue weighted by Crippen LogP contribution is -2.48. The summed E-state index contributed by atoms with van der Waals surface area (Å²) in [7, 11) is 0. The highest BCUT2D eigenvalue weighted by Crippen LogP contribution is 2.22. The number of halogens is 3. The Morgan fingerprint density at radius 3 is 2.71 bits per heavy atom. The second kappa shape index (κ2) is 7.59. The highest BCUT2D eigenvalue weighted by molar-refractivity contribution is 5.85. The molecule has 0 spiro atoms. The first kappa shape index (κ1) is 18.8. The van der Waals surface area contributed by atoms with Crippen LogP contribution in [0, 0.1) is 25.5 Å². The quantitative estimate of drug-likeness (QED) is 0.917. The van der Waals surface area contributed by atoms with Gasteiger partial charge in [0.1, 0.15) is 11.5 Å². The normalized spacial score (nSPS) is 18.5. The lowest BCUT2D eigenvalue weighted by molar-refractivity contribution is 0.199. The average molecular weight is 357 g/mol. The van der Waals surface area contributed by atoms with Crippen LogP contribution >= 0.6 is 12.4 Å². The van der Waals surface area contributed by atoms with Gasteiger partial charge in [-0.3, -0.25) is 4.90 Å². The Bertz CT molecular complexity index is 717. The summed E-state index contributed by atoms with van der Waals surface area (Å²) in [6, 6.07) is 4.05. The standard InChI is InChI=1S/C17H22F2N4.ClH/c1-11-9-22(7-6-20-11)10-15-12(2)21-23(13(15)3)17-5-4-14(18)8-16(17)19;/h4-5,8,11,20H,6-7,9-10H2,1-3H3;1H/t11-;/m0./s1. The van der Waals surface area contributed by atoms with Gasteiger partial charge in [-0.15, -0.1) is 12.4 Å². The molecule has 24 heavy (non-hydrogen) atoms. The molecule has 1 aromatic heterocycles. The molecule has 0 saturated carbocycles. The third-order valence-corrected chi connectivity index (χ3v) is 4.41. The van der Waals surface area contributed by atoms with Crippen LogP contribution in [0.4, 0.5) is 8.78 Å². The lowest BCUT2D eigenvalue weighted by Gasteiger charge is -2.31. The minimum Gasteiger partial charge on any atom is -0.312 e. The van der Waals surface area contributed by atoms with E-state index in [0.717, 1.165) is 49.2 Å². The molecule has 0 radical (unpaired) electrons. The highest BCUT2D eigenvalue weighted by atomic mass is 35.5. The van der Waals surface area contributed by atoms with Crippen LogP contribution in [-0.2, 0) is 6.54 Å². The van der Waals surface area contributed by atoms with E-state index >= 15 is 0 Å². The summed E-state index contributed by atoms with van der Waals surface area (Å²) in [6.07, 6.45) is 0. The fraction of sp³-hybridized carbons (Fsp3) is 0.471. The second-order valence-electron chi connectivity index (χ2n) is 6.25. The van der Waals surface area contributed by atoms with Gasteiger partial charge in [-0.2, -0.15) is 5.10 Å². The number of aryl methyl sites for hydroxylation is 1. The van der Waals surface area contributed by atoms with Gasteiger partial charge in [0.2, 0.25) is 0 Å². The largest absolute Gasteiger partial charge is 0.312 e. The predicted octanol–water partition coefficient (Wildman–Crippen LogP) is 2.98. The summed E-state index contributed by atoms with van der Waals surface area (Å²) in [6.45, 7) is 9.78. The first-order chi connectivity index (χ1) is 11.0. The molecular formula is C17H23ClF2N4. The maximum absolute atomic E-state index is 14.0. The van der Waals surface area contributed by atoms with Gasteiger partial charge in [0, 0.05) is 49.5 Å². The topological polar surface area (TPSA) is 33.1 Å². The molecule has 1 atom stereocenters. The van der Waals surface area contributed by atoms with Crippen LogP contribution in [0.15, 0.2) is 18.2 Å². The van der Waals surface area contributed by atoms with E-state index in [9.17, 15) is 8.78 Å². The third kappa shape index (κ3) is 3.77. The van der Waals surface area contributed by atoms with Gasteiger partial charge in [0.05, 0.1) is 5.69 Å². The van der Waals surface area contributed by atoms with E-state index in [0.29, 0.717) is 6.04 Å². The molecule has 1 aliphatic rings. The number of rotatable bonds is 3. The maximum atomic E-state index is 14.0. The maximum Gasteiger partial charge on any atom is 0.151 e. The van der Waals surface area contributed by atoms with Gasteiger partial charge in [-0.1, -0.05) is 0 Å². The monoisotopic (exact) mass is 356 g/mol. The zero-order valence-electron chi connectivity index (χ0n) is 14.1. The van der Waals surface area contributed by atoms with E-state index in [1.54, 1.807) is 4.68 Å². The van der Waals surface area contributed by atoms with Crippen LogP contribution in [0.5, 0.6) is 0 Å². The lowest BCUT2D eigenvalue weighted by atomic mass is 10.1. The van der Waals surface area contributed by atoms with Gasteiger partial charge in [-0.25, -0.2) is 13.5 Å². The Labute approximate surface area is 147 Å². The van der Waals surface area contributed by atoms with Crippen LogP contribution in [0.3, 0.4) is 0 Å². The number of piperazine rings is 1. The Balaban J connectivity index is 0.00000208. The molecule has 1 N–H and O–H groups in total. The summed E-state index contributed by atoms with van der Waals surface area (Å²) in [5.74, 6) is -1.18. The number of hydrogen-bond donors (Lipinski definition) is 1. The van der Waals surface area contributed by atoms with Gasteiger partial charge >= 0.3 is 0 Å². The molecule has 1 aliphatic heterocycles. The van der Waals surface area contributed by atoms with Crippen LogP contribution in [0.1, 0.15) is 23.9 Å². The van der Waals surface area contributed by atoms with E-state index in [-0.39, 0.29) is 18.1 Å².